The first kappa shape index (κ1) is 29.5. The number of hydrogen-bond acceptors (Lipinski definition) is 4. The van der Waals surface area contributed by atoms with Gasteiger partial charge in [0.25, 0.3) is 0 Å². The monoisotopic (exact) mass is 475 g/mol. The van der Waals surface area contributed by atoms with E-state index in [0.717, 1.165) is 29.5 Å². The molecule has 0 saturated heterocycles. The Labute approximate surface area is 206 Å². The molecule has 0 spiro atoms. The first-order valence-electron chi connectivity index (χ1n) is 12.3. The molecule has 1 aromatic rings. The van der Waals surface area contributed by atoms with Gasteiger partial charge in [-0.05, 0) is 79.7 Å². The lowest BCUT2D eigenvalue weighted by atomic mass is 9.95. The number of hydrogen-bond donors (Lipinski definition) is 2. The Morgan fingerprint density at radius 3 is 1.97 bits per heavy atom. The quantitative estimate of drug-likeness (QED) is 0.496. The van der Waals surface area contributed by atoms with E-state index in [1.54, 1.807) is 25.7 Å². The van der Waals surface area contributed by atoms with Crippen LogP contribution >= 0.6 is 0 Å². The maximum Gasteiger partial charge on any atom is 0.408 e. The van der Waals surface area contributed by atoms with Crippen molar-refractivity contribution in [1.29, 1.82) is 0 Å². The minimum Gasteiger partial charge on any atom is -0.444 e. The van der Waals surface area contributed by atoms with Crippen molar-refractivity contribution in [2.45, 2.75) is 106 Å². The van der Waals surface area contributed by atoms with Crippen molar-refractivity contribution >= 4 is 17.9 Å². The van der Waals surface area contributed by atoms with Gasteiger partial charge < -0.3 is 20.3 Å². The number of rotatable bonds is 10. The Morgan fingerprint density at radius 2 is 1.50 bits per heavy atom. The normalized spacial score (nSPS) is 13.4. The third kappa shape index (κ3) is 10.1. The first-order valence-corrected chi connectivity index (χ1v) is 12.3. The number of benzene rings is 1. The number of alkyl carbamates (subject to hydrolysis) is 1. The number of nitrogens with zero attached hydrogens (tertiary/aromatic N) is 1. The standard InChI is InChI=1S/C27H45N3O4/c1-17(2)11-12-21(7)30(23(31)16-28-26(33)34-27(8,9)10)24(25(32)29-18(3)4)22-14-19(5)13-20(6)15-22/h13-15,17-18,21,24H,11-12,16H2,1-10H3,(H,28,33)(H,29,32). The molecule has 2 N–H and O–H groups in total. The maximum absolute atomic E-state index is 13.5. The summed E-state index contributed by atoms with van der Waals surface area (Å²) in [5, 5.41) is 5.55. The van der Waals surface area contributed by atoms with Crippen LogP contribution in [0.25, 0.3) is 0 Å². The summed E-state index contributed by atoms with van der Waals surface area (Å²) < 4.78 is 5.28. The van der Waals surface area contributed by atoms with Crippen molar-refractivity contribution in [3.05, 3.63) is 34.9 Å². The van der Waals surface area contributed by atoms with Crippen LogP contribution in [0.4, 0.5) is 4.79 Å². The molecule has 3 amide bonds. The third-order valence-corrected chi connectivity index (χ3v) is 5.22. The summed E-state index contributed by atoms with van der Waals surface area (Å²) in [6.45, 7) is 19.0. The minimum absolute atomic E-state index is 0.0799. The van der Waals surface area contributed by atoms with Crippen LogP contribution in [0.15, 0.2) is 18.2 Å². The second-order valence-electron chi connectivity index (χ2n) is 11.0. The molecule has 0 bridgehead atoms. The predicted molar refractivity (Wildman–Crippen MR) is 137 cm³/mol. The molecular weight excluding hydrogens is 430 g/mol. The molecule has 7 nitrogen and oxygen atoms in total. The molecule has 0 aromatic heterocycles. The van der Waals surface area contributed by atoms with E-state index in [4.69, 9.17) is 4.74 Å². The predicted octanol–water partition coefficient (Wildman–Crippen LogP) is 5.05. The SMILES string of the molecule is Cc1cc(C)cc(C(C(=O)NC(C)C)N(C(=O)CNC(=O)OC(C)(C)C)C(C)CCC(C)C)c1. The number of aryl methyl sites for hydroxylation is 2. The molecular formula is C27H45N3O4. The van der Waals surface area contributed by atoms with Crippen molar-refractivity contribution in [2.24, 2.45) is 5.92 Å². The summed E-state index contributed by atoms with van der Waals surface area (Å²) in [4.78, 5) is 40.9. The third-order valence-electron chi connectivity index (χ3n) is 5.22. The molecule has 0 fully saturated rings. The fourth-order valence-electron chi connectivity index (χ4n) is 3.88. The van der Waals surface area contributed by atoms with Gasteiger partial charge in [0.1, 0.15) is 18.2 Å². The van der Waals surface area contributed by atoms with Crippen LogP contribution in [0.1, 0.15) is 91.0 Å². The Balaban J connectivity index is 3.39. The minimum atomic E-state index is -0.809. The molecule has 1 rings (SSSR count). The maximum atomic E-state index is 13.5. The zero-order valence-electron chi connectivity index (χ0n) is 22.7. The summed E-state index contributed by atoms with van der Waals surface area (Å²) in [6.07, 6.45) is 0.993. The van der Waals surface area contributed by atoms with Gasteiger partial charge in [0.15, 0.2) is 0 Å². The summed E-state index contributed by atoms with van der Waals surface area (Å²) in [5.74, 6) is -0.101. The van der Waals surface area contributed by atoms with Crippen molar-refractivity contribution in [3.63, 3.8) is 0 Å². The molecule has 0 saturated carbocycles. The second kappa shape index (κ2) is 12.8. The van der Waals surface area contributed by atoms with Gasteiger partial charge >= 0.3 is 6.09 Å². The van der Waals surface area contributed by atoms with Crippen LogP contribution in [0.2, 0.25) is 0 Å². The average Bonchev–Trinajstić information content (AvgIpc) is 2.65. The molecule has 2 unspecified atom stereocenters. The second-order valence-corrected chi connectivity index (χ2v) is 11.0. The number of amides is 3. The Kier molecular flexibility index (Phi) is 11.1. The van der Waals surface area contributed by atoms with Gasteiger partial charge in [-0.25, -0.2) is 4.79 Å². The largest absolute Gasteiger partial charge is 0.444 e. The smallest absolute Gasteiger partial charge is 0.408 e. The highest BCUT2D eigenvalue weighted by Gasteiger charge is 2.35. The lowest BCUT2D eigenvalue weighted by Crippen LogP contribution is -2.52. The van der Waals surface area contributed by atoms with E-state index in [1.807, 2.05) is 52.8 Å². The van der Waals surface area contributed by atoms with Crippen molar-refractivity contribution in [3.8, 4) is 0 Å². The highest BCUT2D eigenvalue weighted by atomic mass is 16.6. The fourth-order valence-corrected chi connectivity index (χ4v) is 3.88. The van der Waals surface area contributed by atoms with Gasteiger partial charge in [-0.1, -0.05) is 43.2 Å². The Hall–Kier alpha value is -2.57. The van der Waals surface area contributed by atoms with Gasteiger partial charge in [0, 0.05) is 12.1 Å². The van der Waals surface area contributed by atoms with Gasteiger partial charge in [-0.3, -0.25) is 9.59 Å². The number of ether oxygens (including phenoxy) is 1. The van der Waals surface area contributed by atoms with Crippen LogP contribution in [-0.4, -0.2) is 47.0 Å². The topological polar surface area (TPSA) is 87.7 Å². The first-order chi connectivity index (χ1) is 15.6. The molecule has 2 atom stereocenters. The Bertz CT molecular complexity index is 823. The molecule has 0 heterocycles. The summed E-state index contributed by atoms with van der Waals surface area (Å²) >= 11 is 0. The highest BCUT2D eigenvalue weighted by Crippen LogP contribution is 2.28. The number of carbonyl (C=O) groups excluding carboxylic acids is 3. The summed E-state index contributed by atoms with van der Waals surface area (Å²) in [6, 6.07) is 4.85. The van der Waals surface area contributed by atoms with Gasteiger partial charge in [0.2, 0.25) is 11.8 Å². The average molecular weight is 476 g/mol. The lowest BCUT2D eigenvalue weighted by Gasteiger charge is -2.37. The van der Waals surface area contributed by atoms with Crippen molar-refractivity contribution in [1.82, 2.24) is 15.5 Å². The molecule has 34 heavy (non-hydrogen) atoms. The van der Waals surface area contributed by atoms with E-state index in [9.17, 15) is 14.4 Å². The van der Waals surface area contributed by atoms with Crippen LogP contribution in [-0.2, 0) is 14.3 Å². The van der Waals surface area contributed by atoms with Crippen LogP contribution in [0, 0.1) is 19.8 Å². The van der Waals surface area contributed by atoms with Crippen LogP contribution in [0.3, 0.4) is 0 Å². The van der Waals surface area contributed by atoms with Crippen molar-refractivity contribution in [2.75, 3.05) is 6.54 Å². The highest BCUT2D eigenvalue weighted by molar-refractivity contribution is 5.90. The zero-order valence-corrected chi connectivity index (χ0v) is 22.7. The molecule has 0 aliphatic rings. The van der Waals surface area contributed by atoms with Gasteiger partial charge in [-0.2, -0.15) is 0 Å². The summed E-state index contributed by atoms with van der Waals surface area (Å²) in [7, 11) is 0. The molecule has 192 valence electrons. The molecule has 0 radical (unpaired) electrons. The molecule has 0 aliphatic heterocycles. The number of nitrogens with one attached hydrogen (secondary N) is 2. The van der Waals surface area contributed by atoms with Gasteiger partial charge in [-0.15, -0.1) is 0 Å². The fraction of sp³-hybridized carbons (Fsp3) is 0.667. The molecule has 7 heteroatoms. The van der Waals surface area contributed by atoms with E-state index >= 15 is 0 Å². The van der Waals surface area contributed by atoms with Crippen LogP contribution < -0.4 is 10.6 Å². The van der Waals surface area contributed by atoms with E-state index < -0.39 is 17.7 Å². The molecule has 1 aromatic carbocycles. The molecule has 0 aliphatic carbocycles. The Morgan fingerprint density at radius 1 is 0.941 bits per heavy atom. The van der Waals surface area contributed by atoms with E-state index in [2.05, 4.69) is 24.5 Å². The van der Waals surface area contributed by atoms with E-state index in [-0.39, 0.29) is 30.4 Å². The van der Waals surface area contributed by atoms with E-state index in [1.165, 1.54) is 0 Å². The summed E-state index contributed by atoms with van der Waals surface area (Å²) in [5.41, 5.74) is 2.13. The lowest BCUT2D eigenvalue weighted by molar-refractivity contribution is -0.143. The van der Waals surface area contributed by atoms with Gasteiger partial charge in [0.05, 0.1) is 0 Å². The number of carbonyl (C=O) groups is 3. The zero-order chi connectivity index (χ0) is 26.2. The van der Waals surface area contributed by atoms with Crippen LogP contribution in [0.5, 0.6) is 0 Å². The van der Waals surface area contributed by atoms with E-state index in [0.29, 0.717) is 5.92 Å². The van der Waals surface area contributed by atoms with Crippen molar-refractivity contribution < 1.29 is 19.1 Å².